The zero-order chi connectivity index (χ0) is 14.5. The van der Waals surface area contributed by atoms with Gasteiger partial charge in [-0.15, -0.1) is 0 Å². The Hall–Kier alpha value is -0.640. The molecule has 1 fully saturated rings. The molecule has 0 radical (unpaired) electrons. The number of piperidine rings is 1. The highest BCUT2D eigenvalue weighted by Crippen LogP contribution is 2.30. The summed E-state index contributed by atoms with van der Waals surface area (Å²) >= 11 is 0. The zero-order valence-electron chi connectivity index (χ0n) is 12.7. The van der Waals surface area contributed by atoms with E-state index in [-0.39, 0.29) is 13.2 Å². The van der Waals surface area contributed by atoms with Crippen LogP contribution in [0.4, 0.5) is 0 Å². The molecule has 0 spiro atoms. The number of aliphatic hydroxyl groups excluding tert-OH is 2. The summed E-state index contributed by atoms with van der Waals surface area (Å²) in [6, 6.07) is 0. The summed E-state index contributed by atoms with van der Waals surface area (Å²) in [5.74, 6) is 1.32. The van der Waals surface area contributed by atoms with Gasteiger partial charge in [0.05, 0.1) is 0 Å². The van der Waals surface area contributed by atoms with E-state index in [2.05, 4.69) is 24.5 Å². The summed E-state index contributed by atoms with van der Waals surface area (Å²) in [7, 11) is 0. The molecule has 3 nitrogen and oxygen atoms in total. The van der Waals surface area contributed by atoms with Crippen molar-refractivity contribution in [2.24, 2.45) is 17.8 Å². The van der Waals surface area contributed by atoms with Crippen LogP contribution < -0.4 is 0 Å². The Bertz CT molecular complexity index is 352. The lowest BCUT2D eigenvalue weighted by molar-refractivity contribution is 0.0623. The van der Waals surface area contributed by atoms with Crippen LogP contribution in [0.5, 0.6) is 0 Å². The first-order chi connectivity index (χ1) is 9.62. The lowest BCUT2D eigenvalue weighted by atomic mass is 9.84. The maximum Gasteiger partial charge on any atom is 0.0471 e. The molecule has 2 rings (SSSR count). The highest BCUT2D eigenvalue weighted by atomic mass is 16.3. The van der Waals surface area contributed by atoms with Gasteiger partial charge in [0.2, 0.25) is 0 Å². The molecular formula is C17H29NO2. The van der Waals surface area contributed by atoms with Crippen molar-refractivity contribution >= 4 is 0 Å². The number of allylic oxidation sites excluding steroid dienone is 2. The smallest absolute Gasteiger partial charge is 0.0471 e. The minimum absolute atomic E-state index is 0.240. The van der Waals surface area contributed by atoms with E-state index in [0.717, 1.165) is 32.5 Å². The van der Waals surface area contributed by atoms with Gasteiger partial charge in [-0.3, -0.25) is 4.90 Å². The van der Waals surface area contributed by atoms with E-state index in [4.69, 9.17) is 0 Å². The van der Waals surface area contributed by atoms with Crippen molar-refractivity contribution in [3.63, 3.8) is 0 Å². The van der Waals surface area contributed by atoms with Gasteiger partial charge in [0.1, 0.15) is 0 Å². The SMILES string of the molecule is C=C(C)[C@@H]1CC=C(CN2C[C@H](CO)C[C@H](CO)C2)CC1. The van der Waals surface area contributed by atoms with Gasteiger partial charge in [0.25, 0.3) is 0 Å². The number of rotatable bonds is 5. The Kier molecular flexibility index (Phi) is 5.82. The number of likely N-dealkylation sites (tertiary alicyclic amines) is 1. The molecule has 0 aromatic carbocycles. The molecule has 1 aliphatic carbocycles. The van der Waals surface area contributed by atoms with Crippen LogP contribution in [0.15, 0.2) is 23.8 Å². The van der Waals surface area contributed by atoms with Gasteiger partial charge in [0, 0.05) is 32.8 Å². The number of nitrogens with zero attached hydrogens (tertiary/aromatic N) is 1. The Morgan fingerprint density at radius 3 is 2.40 bits per heavy atom. The van der Waals surface area contributed by atoms with Crippen molar-refractivity contribution in [2.75, 3.05) is 32.8 Å². The highest BCUT2D eigenvalue weighted by Gasteiger charge is 2.27. The van der Waals surface area contributed by atoms with Gasteiger partial charge in [0.15, 0.2) is 0 Å². The molecule has 0 unspecified atom stereocenters. The number of aliphatic hydroxyl groups is 2. The fourth-order valence-electron chi connectivity index (χ4n) is 3.59. The third-order valence-corrected chi connectivity index (χ3v) is 4.84. The van der Waals surface area contributed by atoms with Crippen LogP contribution in [0.2, 0.25) is 0 Å². The maximum atomic E-state index is 9.39. The lowest BCUT2D eigenvalue weighted by Gasteiger charge is -2.37. The van der Waals surface area contributed by atoms with Crippen molar-refractivity contribution < 1.29 is 10.2 Å². The van der Waals surface area contributed by atoms with Gasteiger partial charge in [-0.05, 0) is 50.4 Å². The second-order valence-electron chi connectivity index (χ2n) is 6.71. The molecule has 3 heteroatoms. The van der Waals surface area contributed by atoms with Crippen LogP contribution in [-0.4, -0.2) is 48.0 Å². The predicted molar refractivity (Wildman–Crippen MR) is 82.4 cm³/mol. The van der Waals surface area contributed by atoms with Crippen molar-refractivity contribution in [3.05, 3.63) is 23.8 Å². The van der Waals surface area contributed by atoms with Gasteiger partial charge in [-0.2, -0.15) is 0 Å². The molecule has 0 aromatic heterocycles. The summed E-state index contributed by atoms with van der Waals surface area (Å²) < 4.78 is 0. The summed E-state index contributed by atoms with van der Waals surface area (Å²) in [6.45, 7) is 9.62. The maximum absolute atomic E-state index is 9.39. The molecule has 1 aliphatic heterocycles. The molecule has 0 bridgehead atoms. The fourth-order valence-corrected chi connectivity index (χ4v) is 3.59. The monoisotopic (exact) mass is 279 g/mol. The van der Waals surface area contributed by atoms with Crippen LogP contribution >= 0.6 is 0 Å². The van der Waals surface area contributed by atoms with E-state index in [1.54, 1.807) is 0 Å². The van der Waals surface area contributed by atoms with E-state index in [1.165, 1.54) is 24.0 Å². The minimum atomic E-state index is 0.240. The van der Waals surface area contributed by atoms with Crippen LogP contribution in [0.1, 0.15) is 32.6 Å². The number of hydrogen-bond acceptors (Lipinski definition) is 3. The first kappa shape index (κ1) is 15.7. The largest absolute Gasteiger partial charge is 0.396 e. The van der Waals surface area contributed by atoms with Crippen molar-refractivity contribution in [2.45, 2.75) is 32.6 Å². The molecule has 0 amide bonds. The molecule has 0 saturated carbocycles. The van der Waals surface area contributed by atoms with Gasteiger partial charge in [-0.1, -0.05) is 23.8 Å². The Morgan fingerprint density at radius 1 is 1.30 bits per heavy atom. The molecular weight excluding hydrogens is 250 g/mol. The first-order valence-electron chi connectivity index (χ1n) is 7.89. The van der Waals surface area contributed by atoms with Crippen LogP contribution in [0.3, 0.4) is 0 Å². The third kappa shape index (κ3) is 4.18. The van der Waals surface area contributed by atoms with Crippen LogP contribution in [-0.2, 0) is 0 Å². The third-order valence-electron chi connectivity index (χ3n) is 4.84. The molecule has 1 heterocycles. The molecule has 2 N–H and O–H groups in total. The fraction of sp³-hybridized carbons (Fsp3) is 0.765. The quantitative estimate of drug-likeness (QED) is 0.758. The lowest BCUT2D eigenvalue weighted by Crippen LogP contribution is -2.43. The minimum Gasteiger partial charge on any atom is -0.396 e. The van der Waals surface area contributed by atoms with E-state index >= 15 is 0 Å². The Labute approximate surface area is 123 Å². The predicted octanol–water partition coefficient (Wildman–Crippen LogP) is 2.21. The zero-order valence-corrected chi connectivity index (χ0v) is 12.7. The van der Waals surface area contributed by atoms with Gasteiger partial charge >= 0.3 is 0 Å². The Morgan fingerprint density at radius 2 is 1.95 bits per heavy atom. The highest BCUT2D eigenvalue weighted by molar-refractivity contribution is 5.13. The topological polar surface area (TPSA) is 43.7 Å². The summed E-state index contributed by atoms with van der Waals surface area (Å²) in [5.41, 5.74) is 2.83. The van der Waals surface area contributed by atoms with E-state index in [0.29, 0.717) is 17.8 Å². The summed E-state index contributed by atoms with van der Waals surface area (Å²) in [4.78, 5) is 2.41. The molecule has 114 valence electrons. The van der Waals surface area contributed by atoms with E-state index in [9.17, 15) is 10.2 Å². The van der Waals surface area contributed by atoms with Crippen molar-refractivity contribution in [1.29, 1.82) is 0 Å². The normalized spacial score (nSPS) is 31.9. The first-order valence-corrected chi connectivity index (χ1v) is 7.89. The van der Waals surface area contributed by atoms with Gasteiger partial charge in [-0.25, -0.2) is 0 Å². The molecule has 1 saturated heterocycles. The molecule has 0 aromatic rings. The van der Waals surface area contributed by atoms with Crippen LogP contribution in [0, 0.1) is 17.8 Å². The second kappa shape index (κ2) is 7.39. The van der Waals surface area contributed by atoms with Crippen molar-refractivity contribution in [1.82, 2.24) is 4.90 Å². The second-order valence-corrected chi connectivity index (χ2v) is 6.71. The van der Waals surface area contributed by atoms with E-state index < -0.39 is 0 Å². The number of hydrogen-bond donors (Lipinski definition) is 2. The molecule has 20 heavy (non-hydrogen) atoms. The molecule has 3 atom stereocenters. The summed E-state index contributed by atoms with van der Waals surface area (Å²) in [5, 5.41) is 18.8. The average molecular weight is 279 g/mol. The Balaban J connectivity index is 1.88. The molecule has 2 aliphatic rings. The average Bonchev–Trinajstić information content (AvgIpc) is 2.47. The summed E-state index contributed by atoms with van der Waals surface area (Å²) in [6.07, 6.45) is 6.87. The van der Waals surface area contributed by atoms with Crippen LogP contribution in [0.25, 0.3) is 0 Å². The van der Waals surface area contributed by atoms with Gasteiger partial charge < -0.3 is 10.2 Å². The van der Waals surface area contributed by atoms with E-state index in [1.807, 2.05) is 0 Å². The van der Waals surface area contributed by atoms with Crippen molar-refractivity contribution in [3.8, 4) is 0 Å². The standard InChI is InChI=1S/C17H29NO2/c1-13(2)17-5-3-14(4-6-17)8-18-9-15(11-19)7-16(10-18)12-20/h3,15-17,19-20H,1,4-12H2,2H3/t15-,16+,17-/m1/s1.